The van der Waals surface area contributed by atoms with Gasteiger partial charge in [-0.25, -0.2) is 0 Å². The third-order valence-corrected chi connectivity index (χ3v) is 3.14. The Bertz CT molecular complexity index is 741. The lowest BCUT2D eigenvalue weighted by atomic mass is 10.2. The molecule has 1 amide bonds. The first-order valence-electron chi connectivity index (χ1n) is 6.87. The minimum atomic E-state index is -4.39. The molecular formula is C17H13F3N2OS. The van der Waals surface area contributed by atoms with Crippen LogP contribution in [0.15, 0.2) is 60.7 Å². The molecule has 0 heterocycles. The van der Waals surface area contributed by atoms with E-state index in [-0.39, 0.29) is 5.11 Å². The predicted octanol–water partition coefficient (Wildman–Crippen LogP) is 4.23. The summed E-state index contributed by atoms with van der Waals surface area (Å²) < 4.78 is 37.4. The molecule has 0 unspecified atom stereocenters. The van der Waals surface area contributed by atoms with E-state index in [9.17, 15) is 18.0 Å². The lowest BCUT2D eigenvalue weighted by Gasteiger charge is -2.10. The number of halogens is 3. The maximum absolute atomic E-state index is 12.5. The highest BCUT2D eigenvalue weighted by molar-refractivity contribution is 7.80. The van der Waals surface area contributed by atoms with Crippen LogP contribution in [0.3, 0.4) is 0 Å². The third kappa shape index (κ3) is 5.51. The maximum Gasteiger partial charge on any atom is 0.416 e. The summed E-state index contributed by atoms with van der Waals surface area (Å²) in [5, 5.41) is 5.06. The largest absolute Gasteiger partial charge is 0.416 e. The third-order valence-electron chi connectivity index (χ3n) is 2.93. The molecule has 0 aliphatic heterocycles. The van der Waals surface area contributed by atoms with Gasteiger partial charge in [-0.3, -0.25) is 10.1 Å². The lowest BCUT2D eigenvalue weighted by molar-refractivity contribution is -0.137. The smallest absolute Gasteiger partial charge is 0.332 e. The predicted molar refractivity (Wildman–Crippen MR) is 91.3 cm³/mol. The summed E-state index contributed by atoms with van der Waals surface area (Å²) in [6, 6.07) is 13.6. The number of thiocarbonyl (C=S) groups is 1. The summed E-state index contributed by atoms with van der Waals surface area (Å²) in [5.41, 5.74) is 0.448. The first kappa shape index (κ1) is 17.7. The number of benzene rings is 2. The molecule has 0 aromatic heterocycles. The number of alkyl halides is 3. The number of carbonyl (C=O) groups is 1. The van der Waals surface area contributed by atoms with Crippen molar-refractivity contribution in [2.75, 3.05) is 5.32 Å². The van der Waals surface area contributed by atoms with E-state index in [1.165, 1.54) is 18.2 Å². The van der Waals surface area contributed by atoms with E-state index in [1.807, 2.05) is 30.3 Å². The van der Waals surface area contributed by atoms with E-state index in [0.29, 0.717) is 5.69 Å². The van der Waals surface area contributed by atoms with Gasteiger partial charge in [0, 0.05) is 11.8 Å². The Morgan fingerprint density at radius 2 is 1.62 bits per heavy atom. The average molecular weight is 350 g/mol. The van der Waals surface area contributed by atoms with Crippen molar-refractivity contribution in [3.8, 4) is 0 Å². The molecule has 2 rings (SSSR count). The molecule has 24 heavy (non-hydrogen) atoms. The van der Waals surface area contributed by atoms with Crippen molar-refractivity contribution in [2.24, 2.45) is 0 Å². The van der Waals surface area contributed by atoms with E-state index < -0.39 is 17.6 Å². The van der Waals surface area contributed by atoms with Crippen molar-refractivity contribution in [3.63, 3.8) is 0 Å². The van der Waals surface area contributed by atoms with Gasteiger partial charge in [-0.15, -0.1) is 0 Å². The number of hydrogen-bond donors (Lipinski definition) is 2. The van der Waals surface area contributed by atoms with Crippen LogP contribution < -0.4 is 10.6 Å². The summed E-state index contributed by atoms with van der Waals surface area (Å²) in [5.74, 6) is -0.441. The number of amides is 1. The Balaban J connectivity index is 1.88. The zero-order valence-corrected chi connectivity index (χ0v) is 13.1. The van der Waals surface area contributed by atoms with Gasteiger partial charge in [0.1, 0.15) is 0 Å². The zero-order valence-electron chi connectivity index (χ0n) is 12.3. The van der Waals surface area contributed by atoms with Crippen LogP contribution >= 0.6 is 12.2 Å². The summed E-state index contributed by atoms with van der Waals surface area (Å²) in [4.78, 5) is 11.7. The van der Waals surface area contributed by atoms with Crippen molar-refractivity contribution in [3.05, 3.63) is 71.8 Å². The van der Waals surface area contributed by atoms with Gasteiger partial charge in [0.2, 0.25) is 5.91 Å². The SMILES string of the molecule is O=C(/C=C/c1ccccc1)NC(=S)Nc1ccc(C(F)(F)F)cc1. The van der Waals surface area contributed by atoms with Crippen LogP contribution in [-0.2, 0) is 11.0 Å². The first-order chi connectivity index (χ1) is 11.3. The molecule has 0 spiro atoms. The lowest BCUT2D eigenvalue weighted by Crippen LogP contribution is -2.32. The molecule has 2 aromatic rings. The number of carbonyl (C=O) groups excluding carboxylic acids is 1. The molecule has 7 heteroatoms. The number of nitrogens with one attached hydrogen (secondary N) is 2. The highest BCUT2D eigenvalue weighted by Crippen LogP contribution is 2.29. The van der Waals surface area contributed by atoms with Gasteiger partial charge in [-0.1, -0.05) is 30.3 Å². The molecule has 0 bridgehead atoms. The van der Waals surface area contributed by atoms with Crippen LogP contribution in [-0.4, -0.2) is 11.0 Å². The quantitative estimate of drug-likeness (QED) is 0.643. The van der Waals surface area contributed by atoms with Gasteiger partial charge in [-0.2, -0.15) is 13.2 Å². The first-order valence-corrected chi connectivity index (χ1v) is 7.28. The van der Waals surface area contributed by atoms with Crippen molar-refractivity contribution >= 4 is 35.0 Å². The highest BCUT2D eigenvalue weighted by Gasteiger charge is 2.29. The maximum atomic E-state index is 12.5. The fourth-order valence-corrected chi connectivity index (χ4v) is 2.01. The molecule has 2 N–H and O–H groups in total. The van der Waals surface area contributed by atoms with E-state index in [1.54, 1.807) is 6.08 Å². The van der Waals surface area contributed by atoms with E-state index in [2.05, 4.69) is 10.6 Å². The van der Waals surface area contributed by atoms with Gasteiger partial charge in [0.05, 0.1) is 5.56 Å². The average Bonchev–Trinajstić information content (AvgIpc) is 2.53. The molecule has 0 fully saturated rings. The normalized spacial score (nSPS) is 11.3. The second-order valence-corrected chi connectivity index (χ2v) is 5.17. The van der Waals surface area contributed by atoms with Gasteiger partial charge in [-0.05, 0) is 48.1 Å². The summed E-state index contributed by atoms with van der Waals surface area (Å²) in [6.45, 7) is 0. The van der Waals surface area contributed by atoms with E-state index in [4.69, 9.17) is 12.2 Å². The van der Waals surface area contributed by atoms with Crippen LogP contribution in [0, 0.1) is 0 Å². The summed E-state index contributed by atoms with van der Waals surface area (Å²) in [7, 11) is 0. The minimum absolute atomic E-state index is 0.00234. The van der Waals surface area contributed by atoms with Crippen LogP contribution in [0.2, 0.25) is 0 Å². The zero-order chi connectivity index (χ0) is 17.6. The highest BCUT2D eigenvalue weighted by atomic mass is 32.1. The Morgan fingerprint density at radius 3 is 2.21 bits per heavy atom. The van der Waals surface area contributed by atoms with E-state index in [0.717, 1.165) is 17.7 Å². The molecular weight excluding hydrogens is 337 g/mol. The van der Waals surface area contributed by atoms with Crippen molar-refractivity contribution in [2.45, 2.75) is 6.18 Å². The molecule has 0 aliphatic rings. The molecule has 0 aliphatic carbocycles. The fraction of sp³-hybridized carbons (Fsp3) is 0.0588. The molecule has 0 atom stereocenters. The molecule has 124 valence electrons. The van der Waals surface area contributed by atoms with Crippen LogP contribution in [0.5, 0.6) is 0 Å². The van der Waals surface area contributed by atoms with E-state index >= 15 is 0 Å². The second-order valence-electron chi connectivity index (χ2n) is 4.76. The van der Waals surface area contributed by atoms with Gasteiger partial charge < -0.3 is 5.32 Å². The number of hydrogen-bond acceptors (Lipinski definition) is 2. The molecule has 3 nitrogen and oxygen atoms in total. The van der Waals surface area contributed by atoms with Gasteiger partial charge >= 0.3 is 6.18 Å². The van der Waals surface area contributed by atoms with Crippen LogP contribution in [0.4, 0.5) is 18.9 Å². The summed E-state index contributed by atoms with van der Waals surface area (Å²) in [6.07, 6.45) is -1.46. The number of rotatable bonds is 3. The molecule has 0 saturated heterocycles. The van der Waals surface area contributed by atoms with Gasteiger partial charge in [0.15, 0.2) is 5.11 Å². The Hall–Kier alpha value is -2.67. The topological polar surface area (TPSA) is 41.1 Å². The Labute approximate surface area is 142 Å². The van der Waals surface area contributed by atoms with Crippen molar-refractivity contribution in [1.29, 1.82) is 0 Å². The second kappa shape index (κ2) is 7.74. The number of anilines is 1. The fourth-order valence-electron chi connectivity index (χ4n) is 1.79. The molecule has 0 radical (unpaired) electrons. The molecule has 2 aromatic carbocycles. The van der Waals surface area contributed by atoms with Crippen molar-refractivity contribution in [1.82, 2.24) is 5.32 Å². The molecule has 0 saturated carbocycles. The Kier molecular flexibility index (Phi) is 5.70. The monoisotopic (exact) mass is 350 g/mol. The van der Waals surface area contributed by atoms with Crippen molar-refractivity contribution < 1.29 is 18.0 Å². The minimum Gasteiger partial charge on any atom is -0.332 e. The van der Waals surface area contributed by atoms with Gasteiger partial charge in [0.25, 0.3) is 0 Å². The van der Waals surface area contributed by atoms with Crippen LogP contribution in [0.1, 0.15) is 11.1 Å². The standard InChI is InChI=1S/C17H13F3N2OS/c18-17(19,20)13-7-9-14(10-8-13)21-16(24)22-15(23)11-6-12-4-2-1-3-5-12/h1-11H,(H2,21,22,23,24)/b11-6+. The van der Waals surface area contributed by atoms with Crippen LogP contribution in [0.25, 0.3) is 6.08 Å². The summed E-state index contributed by atoms with van der Waals surface area (Å²) >= 11 is 4.95. The Morgan fingerprint density at radius 1 is 1.00 bits per heavy atom.